The van der Waals surface area contributed by atoms with Crippen LogP contribution in [0.3, 0.4) is 0 Å². The Morgan fingerprint density at radius 1 is 1.21 bits per heavy atom. The minimum Gasteiger partial charge on any atom is -0.488 e. The van der Waals surface area contributed by atoms with Crippen LogP contribution in [0, 0.1) is 10.5 Å². The quantitative estimate of drug-likeness (QED) is 0.834. The molecule has 2 aromatic rings. The number of hydrogen-bond donors (Lipinski definition) is 1. The Bertz CT molecular complexity index is 591. The Balaban J connectivity index is 2.15. The second-order valence-corrected chi connectivity index (χ2v) is 5.47. The van der Waals surface area contributed by atoms with E-state index in [-0.39, 0.29) is 5.56 Å². The fourth-order valence-electron chi connectivity index (χ4n) is 1.64. The topological polar surface area (TPSA) is 46.5 Å². The Hall–Kier alpha value is -1.56. The Labute approximate surface area is 125 Å². The fraction of sp³-hybridized carbons (Fsp3) is 0.133. The molecule has 0 aromatic heterocycles. The van der Waals surface area contributed by atoms with Crippen molar-refractivity contribution in [2.24, 2.45) is 0 Å². The lowest BCUT2D eigenvalue weighted by atomic mass is 10.1. The van der Waals surface area contributed by atoms with E-state index in [4.69, 9.17) is 9.84 Å². The zero-order valence-corrected chi connectivity index (χ0v) is 12.5. The first-order chi connectivity index (χ1) is 9.06. The number of hydrogen-bond acceptors (Lipinski definition) is 2. The van der Waals surface area contributed by atoms with Crippen molar-refractivity contribution in [3.8, 4) is 5.75 Å². The van der Waals surface area contributed by atoms with Gasteiger partial charge in [-0.1, -0.05) is 29.8 Å². The highest BCUT2D eigenvalue weighted by atomic mass is 127. The van der Waals surface area contributed by atoms with Crippen molar-refractivity contribution in [3.63, 3.8) is 0 Å². The minimum absolute atomic E-state index is 0.194. The number of ether oxygens (including phenoxy) is 1. The summed E-state index contributed by atoms with van der Waals surface area (Å²) in [5.41, 5.74) is 2.39. The summed E-state index contributed by atoms with van der Waals surface area (Å²) in [6.07, 6.45) is 0. The molecule has 1 N–H and O–H groups in total. The van der Waals surface area contributed by atoms with Crippen molar-refractivity contribution in [1.82, 2.24) is 0 Å². The molecule has 0 bridgehead atoms. The third-order valence-corrected chi connectivity index (χ3v) is 3.36. The van der Waals surface area contributed by atoms with E-state index < -0.39 is 5.97 Å². The lowest BCUT2D eigenvalue weighted by Crippen LogP contribution is -2.03. The molecule has 0 aliphatic heterocycles. The van der Waals surface area contributed by atoms with Gasteiger partial charge in [0.1, 0.15) is 17.9 Å². The van der Waals surface area contributed by atoms with Crippen molar-refractivity contribution in [1.29, 1.82) is 0 Å². The number of benzene rings is 2. The van der Waals surface area contributed by atoms with Gasteiger partial charge in [-0.2, -0.15) is 0 Å². The fourth-order valence-corrected chi connectivity index (χ4v) is 2.13. The molecular formula is C15H13IO3. The Morgan fingerprint density at radius 2 is 1.89 bits per heavy atom. The lowest BCUT2D eigenvalue weighted by Gasteiger charge is -2.09. The maximum Gasteiger partial charge on any atom is 0.339 e. The van der Waals surface area contributed by atoms with Crippen LogP contribution >= 0.6 is 22.6 Å². The average molecular weight is 368 g/mol. The third-order valence-electron chi connectivity index (χ3n) is 2.69. The summed E-state index contributed by atoms with van der Waals surface area (Å²) in [4.78, 5) is 11.1. The second kappa shape index (κ2) is 6.06. The standard InChI is InChI=1S/C15H13IO3/c1-10-2-4-11(5-3-10)9-19-14-7-6-12(16)8-13(14)15(17)18/h2-8H,9H2,1H3,(H,17,18). The first-order valence-electron chi connectivity index (χ1n) is 5.77. The van der Waals surface area contributed by atoms with Gasteiger partial charge in [-0.25, -0.2) is 4.79 Å². The maximum absolute atomic E-state index is 11.1. The molecule has 3 nitrogen and oxygen atoms in total. The Morgan fingerprint density at radius 3 is 2.53 bits per heavy atom. The highest BCUT2D eigenvalue weighted by molar-refractivity contribution is 14.1. The lowest BCUT2D eigenvalue weighted by molar-refractivity contribution is 0.0691. The van der Waals surface area contributed by atoms with E-state index in [0.717, 1.165) is 9.13 Å². The molecule has 19 heavy (non-hydrogen) atoms. The molecule has 0 spiro atoms. The van der Waals surface area contributed by atoms with Crippen molar-refractivity contribution >= 4 is 28.6 Å². The molecular weight excluding hydrogens is 355 g/mol. The predicted octanol–water partition coefficient (Wildman–Crippen LogP) is 3.88. The molecule has 0 fully saturated rings. The van der Waals surface area contributed by atoms with Crippen molar-refractivity contribution in [2.45, 2.75) is 13.5 Å². The third kappa shape index (κ3) is 3.70. The molecule has 2 rings (SSSR count). The predicted molar refractivity (Wildman–Crippen MR) is 81.6 cm³/mol. The summed E-state index contributed by atoms with van der Waals surface area (Å²) in [5, 5.41) is 9.14. The van der Waals surface area contributed by atoms with Gasteiger partial charge in [0.25, 0.3) is 0 Å². The van der Waals surface area contributed by atoms with Crippen LogP contribution in [0.1, 0.15) is 21.5 Å². The number of halogens is 1. The van der Waals surface area contributed by atoms with Crippen LogP contribution in [0.2, 0.25) is 0 Å². The molecule has 2 aromatic carbocycles. The van der Waals surface area contributed by atoms with Crippen molar-refractivity contribution in [3.05, 3.63) is 62.7 Å². The molecule has 0 aliphatic carbocycles. The van der Waals surface area contributed by atoms with E-state index in [1.165, 1.54) is 5.56 Å². The molecule has 98 valence electrons. The second-order valence-electron chi connectivity index (χ2n) is 4.22. The van der Waals surface area contributed by atoms with Crippen LogP contribution in [0.15, 0.2) is 42.5 Å². The molecule has 0 aliphatic rings. The first kappa shape index (κ1) is 13.9. The summed E-state index contributed by atoms with van der Waals surface area (Å²) in [7, 11) is 0. The molecule has 0 saturated heterocycles. The van der Waals surface area contributed by atoms with E-state index >= 15 is 0 Å². The van der Waals surface area contributed by atoms with Gasteiger partial charge in [0.2, 0.25) is 0 Å². The van der Waals surface area contributed by atoms with Gasteiger partial charge < -0.3 is 9.84 Å². The number of aromatic carboxylic acids is 1. The zero-order valence-electron chi connectivity index (χ0n) is 10.4. The monoisotopic (exact) mass is 368 g/mol. The maximum atomic E-state index is 11.1. The van der Waals surface area contributed by atoms with Gasteiger partial charge in [-0.3, -0.25) is 0 Å². The van der Waals surface area contributed by atoms with Crippen LogP contribution in [-0.2, 0) is 6.61 Å². The zero-order chi connectivity index (χ0) is 13.8. The van der Waals surface area contributed by atoms with E-state index in [0.29, 0.717) is 12.4 Å². The summed E-state index contributed by atoms with van der Waals surface area (Å²) >= 11 is 2.08. The van der Waals surface area contributed by atoms with Crippen LogP contribution in [0.5, 0.6) is 5.75 Å². The van der Waals surface area contributed by atoms with Crippen LogP contribution in [0.4, 0.5) is 0 Å². The summed E-state index contributed by atoms with van der Waals surface area (Å²) in [6.45, 7) is 2.38. The smallest absolute Gasteiger partial charge is 0.339 e. The van der Waals surface area contributed by atoms with Crippen LogP contribution < -0.4 is 4.74 Å². The number of carboxylic acid groups (broad SMARTS) is 1. The SMILES string of the molecule is Cc1ccc(COc2ccc(I)cc2C(=O)O)cc1. The van der Waals surface area contributed by atoms with Gasteiger partial charge in [0, 0.05) is 3.57 Å². The molecule has 0 atom stereocenters. The number of carboxylic acids is 1. The van der Waals surface area contributed by atoms with Gasteiger partial charge in [0.05, 0.1) is 0 Å². The molecule has 0 amide bonds. The van der Waals surface area contributed by atoms with Gasteiger partial charge in [-0.15, -0.1) is 0 Å². The van der Waals surface area contributed by atoms with E-state index in [1.54, 1.807) is 12.1 Å². The number of rotatable bonds is 4. The van der Waals surface area contributed by atoms with E-state index in [9.17, 15) is 4.79 Å². The summed E-state index contributed by atoms with van der Waals surface area (Å²) in [5.74, 6) is -0.578. The summed E-state index contributed by atoms with van der Waals surface area (Å²) in [6, 6.07) is 13.1. The van der Waals surface area contributed by atoms with Crippen molar-refractivity contribution in [2.75, 3.05) is 0 Å². The minimum atomic E-state index is -0.975. The van der Waals surface area contributed by atoms with E-state index in [2.05, 4.69) is 22.6 Å². The van der Waals surface area contributed by atoms with Crippen LogP contribution in [-0.4, -0.2) is 11.1 Å². The largest absolute Gasteiger partial charge is 0.488 e. The molecule has 0 saturated carbocycles. The first-order valence-corrected chi connectivity index (χ1v) is 6.85. The molecule has 4 heteroatoms. The van der Waals surface area contributed by atoms with Gasteiger partial charge in [0.15, 0.2) is 0 Å². The van der Waals surface area contributed by atoms with E-state index in [1.807, 2.05) is 37.3 Å². The number of carbonyl (C=O) groups is 1. The van der Waals surface area contributed by atoms with Gasteiger partial charge in [-0.05, 0) is 53.3 Å². The highest BCUT2D eigenvalue weighted by Crippen LogP contribution is 2.22. The number of aryl methyl sites for hydroxylation is 1. The average Bonchev–Trinajstić information content (AvgIpc) is 2.39. The van der Waals surface area contributed by atoms with Gasteiger partial charge >= 0.3 is 5.97 Å². The molecule has 0 heterocycles. The normalized spacial score (nSPS) is 10.2. The molecule has 0 radical (unpaired) electrons. The molecule has 0 unspecified atom stereocenters. The van der Waals surface area contributed by atoms with Crippen LogP contribution in [0.25, 0.3) is 0 Å². The highest BCUT2D eigenvalue weighted by Gasteiger charge is 2.11. The Kier molecular flexibility index (Phi) is 4.42. The summed E-state index contributed by atoms with van der Waals surface area (Å²) < 4.78 is 6.47. The van der Waals surface area contributed by atoms with Crippen molar-refractivity contribution < 1.29 is 14.6 Å².